The zero-order valence-electron chi connectivity index (χ0n) is 11.2. The van der Waals surface area contributed by atoms with Crippen LogP contribution in [0, 0.1) is 6.07 Å². The van der Waals surface area contributed by atoms with Crippen molar-refractivity contribution in [3.05, 3.63) is 66.7 Å². The van der Waals surface area contributed by atoms with E-state index in [0.29, 0.717) is 0 Å². The second-order valence-electron chi connectivity index (χ2n) is 4.91. The van der Waals surface area contributed by atoms with Crippen molar-refractivity contribution < 1.29 is 4.74 Å². The lowest BCUT2D eigenvalue weighted by Crippen LogP contribution is -1.88. The van der Waals surface area contributed by atoms with E-state index in [9.17, 15) is 0 Å². The molecule has 1 radical (unpaired) electrons. The molecule has 95 valence electrons. The Labute approximate surface area is 117 Å². The number of benzene rings is 4. The van der Waals surface area contributed by atoms with Gasteiger partial charge in [0, 0.05) is 11.5 Å². The molecule has 20 heavy (non-hydrogen) atoms. The van der Waals surface area contributed by atoms with Crippen LogP contribution < -0.4 is 4.74 Å². The van der Waals surface area contributed by atoms with Crippen LogP contribution in [-0.4, -0.2) is 7.11 Å². The normalized spacial score (nSPS) is 11.2. The molecular formula is C19H13O. The van der Waals surface area contributed by atoms with E-state index in [-0.39, 0.29) is 0 Å². The predicted molar refractivity (Wildman–Crippen MR) is 84.3 cm³/mol. The standard InChI is InChI=1S/C19H13O/c1-20-18-12-14-7-3-4-8-15(14)17-11-10-13-6-2-5-9-16(13)19(17)18/h2-11H,1H3. The Bertz CT molecular complexity index is 938. The van der Waals surface area contributed by atoms with Crippen molar-refractivity contribution in [2.24, 2.45) is 0 Å². The minimum absolute atomic E-state index is 0.815. The molecular weight excluding hydrogens is 244 g/mol. The van der Waals surface area contributed by atoms with Crippen molar-refractivity contribution >= 4 is 32.3 Å². The first-order valence-corrected chi connectivity index (χ1v) is 6.68. The SMILES string of the molecule is COc1[c]c2ccccc2c2ccc3ccccc3c12. The molecule has 0 unspecified atom stereocenters. The summed E-state index contributed by atoms with van der Waals surface area (Å²) in [6.07, 6.45) is 0. The first-order valence-electron chi connectivity index (χ1n) is 6.68. The van der Waals surface area contributed by atoms with Crippen LogP contribution in [0.1, 0.15) is 0 Å². The molecule has 4 aromatic rings. The summed E-state index contributed by atoms with van der Waals surface area (Å²) in [7, 11) is 1.71. The number of hydrogen-bond acceptors (Lipinski definition) is 1. The summed E-state index contributed by atoms with van der Waals surface area (Å²) in [6.45, 7) is 0. The molecule has 0 saturated carbocycles. The molecule has 4 rings (SSSR count). The Morgan fingerprint density at radius 1 is 0.750 bits per heavy atom. The molecule has 0 aliphatic carbocycles. The molecule has 0 aromatic heterocycles. The summed E-state index contributed by atoms with van der Waals surface area (Å²) >= 11 is 0. The number of ether oxygens (including phenoxy) is 1. The minimum atomic E-state index is 0.815. The third-order valence-electron chi connectivity index (χ3n) is 3.83. The number of hydrogen-bond donors (Lipinski definition) is 0. The van der Waals surface area contributed by atoms with Crippen molar-refractivity contribution in [1.82, 2.24) is 0 Å². The van der Waals surface area contributed by atoms with Crippen molar-refractivity contribution in [3.63, 3.8) is 0 Å². The van der Waals surface area contributed by atoms with Crippen LogP contribution in [0.3, 0.4) is 0 Å². The highest BCUT2D eigenvalue weighted by molar-refractivity contribution is 6.19. The number of methoxy groups -OCH3 is 1. The molecule has 0 amide bonds. The second kappa shape index (κ2) is 4.24. The Balaban J connectivity index is 2.33. The second-order valence-corrected chi connectivity index (χ2v) is 4.91. The van der Waals surface area contributed by atoms with E-state index in [2.05, 4.69) is 60.7 Å². The third kappa shape index (κ3) is 1.50. The van der Waals surface area contributed by atoms with Crippen molar-refractivity contribution in [3.8, 4) is 5.75 Å². The van der Waals surface area contributed by atoms with Gasteiger partial charge in [0.15, 0.2) is 0 Å². The highest BCUT2D eigenvalue weighted by atomic mass is 16.5. The van der Waals surface area contributed by atoms with Gasteiger partial charge < -0.3 is 4.74 Å². The van der Waals surface area contributed by atoms with Gasteiger partial charge in [-0.25, -0.2) is 0 Å². The van der Waals surface area contributed by atoms with Crippen LogP contribution in [0.15, 0.2) is 60.7 Å². The lowest BCUT2D eigenvalue weighted by molar-refractivity contribution is 0.420. The summed E-state index contributed by atoms with van der Waals surface area (Å²) in [5.41, 5.74) is 0. The molecule has 0 fully saturated rings. The van der Waals surface area contributed by atoms with Gasteiger partial charge in [0.25, 0.3) is 0 Å². The highest BCUT2D eigenvalue weighted by Gasteiger charge is 2.10. The van der Waals surface area contributed by atoms with Gasteiger partial charge in [0.1, 0.15) is 5.75 Å². The van der Waals surface area contributed by atoms with E-state index in [1.54, 1.807) is 7.11 Å². The molecule has 0 aliphatic heterocycles. The fourth-order valence-electron chi connectivity index (χ4n) is 2.91. The minimum Gasteiger partial charge on any atom is -0.495 e. The summed E-state index contributed by atoms with van der Waals surface area (Å²) in [4.78, 5) is 0. The fourth-order valence-corrected chi connectivity index (χ4v) is 2.91. The molecule has 0 N–H and O–H groups in total. The smallest absolute Gasteiger partial charge is 0.135 e. The van der Waals surface area contributed by atoms with Gasteiger partial charge in [-0.2, -0.15) is 0 Å². The average molecular weight is 257 g/mol. The first kappa shape index (κ1) is 11.3. The van der Waals surface area contributed by atoms with Crippen LogP contribution in [0.5, 0.6) is 5.75 Å². The average Bonchev–Trinajstić information content (AvgIpc) is 2.53. The topological polar surface area (TPSA) is 9.23 Å². The van der Waals surface area contributed by atoms with E-state index < -0.39 is 0 Å². The molecule has 0 aliphatic rings. The van der Waals surface area contributed by atoms with Gasteiger partial charge in [0.2, 0.25) is 0 Å². The van der Waals surface area contributed by atoms with Gasteiger partial charge >= 0.3 is 0 Å². The largest absolute Gasteiger partial charge is 0.495 e. The Morgan fingerprint density at radius 2 is 1.50 bits per heavy atom. The first-order chi connectivity index (χ1) is 9.88. The number of rotatable bonds is 1. The molecule has 1 nitrogen and oxygen atoms in total. The maximum absolute atomic E-state index is 5.59. The van der Waals surface area contributed by atoms with Gasteiger partial charge in [-0.1, -0.05) is 60.7 Å². The van der Waals surface area contributed by atoms with Crippen molar-refractivity contribution in [2.45, 2.75) is 0 Å². The quantitative estimate of drug-likeness (QED) is 0.438. The van der Waals surface area contributed by atoms with E-state index in [1.807, 2.05) is 6.07 Å². The third-order valence-corrected chi connectivity index (χ3v) is 3.83. The fraction of sp³-hybridized carbons (Fsp3) is 0.0526. The van der Waals surface area contributed by atoms with E-state index in [1.165, 1.54) is 21.5 Å². The monoisotopic (exact) mass is 257 g/mol. The molecule has 0 atom stereocenters. The van der Waals surface area contributed by atoms with Gasteiger partial charge in [0.05, 0.1) is 7.11 Å². The molecule has 4 aromatic carbocycles. The summed E-state index contributed by atoms with van der Waals surface area (Å²) in [5, 5.41) is 7.10. The predicted octanol–water partition coefficient (Wildman–Crippen LogP) is 4.95. The maximum atomic E-state index is 5.59. The molecule has 0 saturated heterocycles. The van der Waals surface area contributed by atoms with Crippen LogP contribution in [-0.2, 0) is 0 Å². The summed E-state index contributed by atoms with van der Waals surface area (Å²) in [5.74, 6) is 0.815. The zero-order valence-corrected chi connectivity index (χ0v) is 11.2. The highest BCUT2D eigenvalue weighted by Crippen LogP contribution is 2.37. The van der Waals surface area contributed by atoms with Crippen molar-refractivity contribution in [2.75, 3.05) is 7.11 Å². The van der Waals surface area contributed by atoms with Gasteiger partial charge in [-0.05, 0) is 26.9 Å². The molecule has 0 bridgehead atoms. The van der Waals surface area contributed by atoms with Gasteiger partial charge in [-0.3, -0.25) is 0 Å². The summed E-state index contributed by atoms with van der Waals surface area (Å²) < 4.78 is 5.59. The summed E-state index contributed by atoms with van der Waals surface area (Å²) in [6, 6.07) is 24.5. The van der Waals surface area contributed by atoms with E-state index in [0.717, 1.165) is 16.5 Å². The van der Waals surface area contributed by atoms with Crippen LogP contribution in [0.2, 0.25) is 0 Å². The Hall–Kier alpha value is -2.54. The lowest BCUT2D eigenvalue weighted by Gasteiger charge is -2.11. The Morgan fingerprint density at radius 3 is 2.35 bits per heavy atom. The zero-order chi connectivity index (χ0) is 13.5. The van der Waals surface area contributed by atoms with E-state index >= 15 is 0 Å². The van der Waals surface area contributed by atoms with Crippen LogP contribution in [0.4, 0.5) is 0 Å². The van der Waals surface area contributed by atoms with Gasteiger partial charge in [-0.15, -0.1) is 0 Å². The van der Waals surface area contributed by atoms with Crippen LogP contribution >= 0.6 is 0 Å². The maximum Gasteiger partial charge on any atom is 0.135 e. The molecule has 1 heteroatoms. The van der Waals surface area contributed by atoms with Crippen molar-refractivity contribution in [1.29, 1.82) is 0 Å². The lowest BCUT2D eigenvalue weighted by atomic mass is 9.96. The molecule has 0 spiro atoms. The molecule has 0 heterocycles. The van der Waals surface area contributed by atoms with Crippen LogP contribution in [0.25, 0.3) is 32.3 Å². The number of fused-ring (bicyclic) bond motifs is 5. The van der Waals surface area contributed by atoms with E-state index in [4.69, 9.17) is 4.74 Å². The Kier molecular flexibility index (Phi) is 2.40.